The van der Waals surface area contributed by atoms with E-state index in [-0.39, 0.29) is 23.4 Å². The Labute approximate surface area is 184 Å². The van der Waals surface area contributed by atoms with Crippen LogP contribution >= 0.6 is 0 Å². The quantitative estimate of drug-likeness (QED) is 0.605. The van der Waals surface area contributed by atoms with E-state index in [1.807, 2.05) is 63.2 Å². The molecule has 1 amide bonds. The van der Waals surface area contributed by atoms with Gasteiger partial charge in [0.05, 0.1) is 17.5 Å². The number of likely N-dealkylation sites (N-methyl/N-ethyl adjacent to an activating group) is 1. The molecule has 0 radical (unpaired) electrons. The predicted molar refractivity (Wildman–Crippen MR) is 123 cm³/mol. The van der Waals surface area contributed by atoms with Crippen molar-refractivity contribution in [3.05, 3.63) is 101 Å². The van der Waals surface area contributed by atoms with Crippen LogP contribution in [-0.4, -0.2) is 32.2 Å². The smallest absolute Gasteiger partial charge is 0.243 e. The molecule has 0 spiro atoms. The zero-order valence-electron chi connectivity index (χ0n) is 18.3. The van der Waals surface area contributed by atoms with Gasteiger partial charge >= 0.3 is 0 Å². The van der Waals surface area contributed by atoms with Crippen molar-refractivity contribution >= 4 is 15.9 Å². The third-order valence-corrected chi connectivity index (χ3v) is 7.09. The van der Waals surface area contributed by atoms with E-state index >= 15 is 0 Å². The van der Waals surface area contributed by atoms with E-state index in [1.54, 1.807) is 24.3 Å². The first kappa shape index (κ1) is 22.7. The van der Waals surface area contributed by atoms with Gasteiger partial charge < -0.3 is 5.32 Å². The van der Waals surface area contributed by atoms with Crippen molar-refractivity contribution in [2.45, 2.75) is 31.7 Å². The first-order chi connectivity index (χ1) is 14.7. The molecule has 3 aromatic carbocycles. The van der Waals surface area contributed by atoms with Crippen LogP contribution in [0.5, 0.6) is 0 Å². The maximum Gasteiger partial charge on any atom is 0.243 e. The number of benzene rings is 3. The Morgan fingerprint density at radius 1 is 0.903 bits per heavy atom. The Morgan fingerprint density at radius 3 is 2.13 bits per heavy atom. The minimum atomic E-state index is -3.76. The summed E-state index contributed by atoms with van der Waals surface area (Å²) in [6.07, 6.45) is 0. The molecule has 0 bridgehead atoms. The van der Waals surface area contributed by atoms with E-state index < -0.39 is 10.0 Å². The van der Waals surface area contributed by atoms with E-state index in [9.17, 15) is 13.2 Å². The molecule has 0 saturated carbocycles. The number of carbonyl (C=O) groups excluding carboxylic acids is 1. The molecule has 0 fully saturated rings. The highest BCUT2D eigenvalue weighted by Gasteiger charge is 2.25. The standard InChI is InChI=1S/C25H28N2O3S/c1-18-10-13-22(14-11-18)31(29,30)27(4)17-24(28)26-25(21-8-6-5-7-9-21)23-15-12-19(2)16-20(23)3/h5-16,25H,17H2,1-4H3,(H,26,28)/t25-/m1/s1. The number of hydrogen-bond acceptors (Lipinski definition) is 3. The lowest BCUT2D eigenvalue weighted by atomic mass is 9.94. The van der Waals surface area contributed by atoms with Crippen LogP contribution in [0.4, 0.5) is 0 Å². The Hall–Kier alpha value is -2.96. The third-order valence-electron chi connectivity index (χ3n) is 5.27. The Bertz CT molecular complexity index is 1160. The summed E-state index contributed by atoms with van der Waals surface area (Å²) >= 11 is 0. The zero-order chi connectivity index (χ0) is 22.6. The van der Waals surface area contributed by atoms with Crippen molar-refractivity contribution < 1.29 is 13.2 Å². The van der Waals surface area contributed by atoms with Crippen molar-refractivity contribution in [3.63, 3.8) is 0 Å². The molecule has 31 heavy (non-hydrogen) atoms. The third kappa shape index (κ3) is 5.40. The summed E-state index contributed by atoms with van der Waals surface area (Å²) in [7, 11) is -2.34. The Balaban J connectivity index is 1.83. The molecular weight excluding hydrogens is 408 g/mol. The highest BCUT2D eigenvalue weighted by atomic mass is 32.2. The lowest BCUT2D eigenvalue weighted by molar-refractivity contribution is -0.121. The van der Waals surface area contributed by atoms with Crippen LogP contribution < -0.4 is 5.32 Å². The number of aryl methyl sites for hydroxylation is 3. The van der Waals surface area contributed by atoms with E-state index in [0.29, 0.717) is 0 Å². The zero-order valence-corrected chi connectivity index (χ0v) is 19.1. The molecule has 3 aromatic rings. The summed E-state index contributed by atoms with van der Waals surface area (Å²) in [5, 5.41) is 3.03. The molecule has 1 atom stereocenters. The maximum atomic E-state index is 12.9. The van der Waals surface area contributed by atoms with Crippen molar-refractivity contribution in [1.29, 1.82) is 0 Å². The summed E-state index contributed by atoms with van der Waals surface area (Å²) in [5.74, 6) is -0.369. The van der Waals surface area contributed by atoms with E-state index in [4.69, 9.17) is 0 Å². The summed E-state index contributed by atoms with van der Waals surface area (Å²) in [6.45, 7) is 5.66. The van der Waals surface area contributed by atoms with Gasteiger partial charge in [0.25, 0.3) is 0 Å². The molecule has 5 nitrogen and oxygen atoms in total. The normalized spacial score (nSPS) is 12.5. The van der Waals surface area contributed by atoms with Gasteiger partial charge in [-0.05, 0) is 49.6 Å². The van der Waals surface area contributed by atoms with Crippen molar-refractivity contribution in [3.8, 4) is 0 Å². The number of sulfonamides is 1. The highest BCUT2D eigenvalue weighted by molar-refractivity contribution is 7.89. The van der Waals surface area contributed by atoms with Crippen LogP contribution in [0.2, 0.25) is 0 Å². The maximum absolute atomic E-state index is 12.9. The minimum absolute atomic E-state index is 0.169. The topological polar surface area (TPSA) is 66.5 Å². The molecule has 3 rings (SSSR count). The molecule has 0 aliphatic carbocycles. The van der Waals surface area contributed by atoms with Gasteiger partial charge in [-0.2, -0.15) is 4.31 Å². The van der Waals surface area contributed by atoms with Gasteiger partial charge in [-0.15, -0.1) is 0 Å². The first-order valence-corrected chi connectivity index (χ1v) is 11.6. The van der Waals surface area contributed by atoms with Gasteiger partial charge in [-0.25, -0.2) is 8.42 Å². The van der Waals surface area contributed by atoms with Gasteiger partial charge in [-0.1, -0.05) is 71.8 Å². The molecule has 0 aromatic heterocycles. The number of carbonyl (C=O) groups is 1. The molecule has 0 saturated heterocycles. The lowest BCUT2D eigenvalue weighted by Gasteiger charge is -2.24. The van der Waals surface area contributed by atoms with Crippen molar-refractivity contribution in [1.82, 2.24) is 9.62 Å². The second-order valence-corrected chi connectivity index (χ2v) is 9.89. The number of hydrogen-bond donors (Lipinski definition) is 1. The van der Waals surface area contributed by atoms with Gasteiger partial charge in [0.1, 0.15) is 0 Å². The first-order valence-electron chi connectivity index (χ1n) is 10.1. The van der Waals surface area contributed by atoms with E-state index in [2.05, 4.69) is 11.4 Å². The largest absolute Gasteiger partial charge is 0.344 e. The molecule has 0 heterocycles. The Morgan fingerprint density at radius 2 is 1.52 bits per heavy atom. The van der Waals surface area contributed by atoms with Gasteiger partial charge in [0, 0.05) is 7.05 Å². The fraction of sp³-hybridized carbons (Fsp3) is 0.240. The number of nitrogens with one attached hydrogen (secondary N) is 1. The monoisotopic (exact) mass is 436 g/mol. The van der Waals surface area contributed by atoms with Crippen LogP contribution in [0.1, 0.15) is 33.9 Å². The predicted octanol–water partition coefficient (Wildman–Crippen LogP) is 4.14. The molecule has 6 heteroatoms. The number of amides is 1. The summed E-state index contributed by atoms with van der Waals surface area (Å²) in [5.41, 5.74) is 5.10. The molecule has 0 unspecified atom stereocenters. The molecule has 162 valence electrons. The summed E-state index contributed by atoms with van der Waals surface area (Å²) in [6, 6.07) is 22.0. The van der Waals surface area contributed by atoms with E-state index in [0.717, 1.165) is 32.1 Å². The van der Waals surface area contributed by atoms with Gasteiger partial charge in [0.15, 0.2) is 0 Å². The molecular formula is C25H28N2O3S. The Kier molecular flexibility index (Phi) is 6.93. The van der Waals surface area contributed by atoms with Crippen LogP contribution in [0, 0.1) is 20.8 Å². The highest BCUT2D eigenvalue weighted by Crippen LogP contribution is 2.26. The van der Waals surface area contributed by atoms with Crippen molar-refractivity contribution in [2.75, 3.05) is 13.6 Å². The second-order valence-electron chi connectivity index (χ2n) is 7.85. The molecule has 0 aliphatic rings. The summed E-state index contributed by atoms with van der Waals surface area (Å²) in [4.78, 5) is 13.1. The fourth-order valence-corrected chi connectivity index (χ4v) is 4.65. The van der Waals surface area contributed by atoms with Crippen LogP contribution in [-0.2, 0) is 14.8 Å². The average Bonchev–Trinajstić information content (AvgIpc) is 2.73. The minimum Gasteiger partial charge on any atom is -0.344 e. The SMILES string of the molecule is Cc1ccc(S(=O)(=O)N(C)CC(=O)N[C@H](c2ccccc2)c2ccc(C)cc2C)cc1. The average molecular weight is 437 g/mol. The molecule has 0 aliphatic heterocycles. The fourth-order valence-electron chi connectivity index (χ4n) is 3.52. The van der Waals surface area contributed by atoms with E-state index in [1.165, 1.54) is 7.05 Å². The lowest BCUT2D eigenvalue weighted by Crippen LogP contribution is -2.40. The summed E-state index contributed by atoms with van der Waals surface area (Å²) < 4.78 is 26.8. The van der Waals surface area contributed by atoms with Crippen molar-refractivity contribution in [2.24, 2.45) is 0 Å². The van der Waals surface area contributed by atoms with Gasteiger partial charge in [0.2, 0.25) is 15.9 Å². The second kappa shape index (κ2) is 9.45. The van der Waals surface area contributed by atoms with Crippen LogP contribution in [0.3, 0.4) is 0 Å². The van der Waals surface area contributed by atoms with Gasteiger partial charge in [-0.3, -0.25) is 4.79 Å². The molecule has 1 N–H and O–H groups in total. The van der Waals surface area contributed by atoms with Crippen LogP contribution in [0.15, 0.2) is 77.7 Å². The number of nitrogens with zero attached hydrogens (tertiary/aromatic N) is 1. The van der Waals surface area contributed by atoms with Crippen LogP contribution in [0.25, 0.3) is 0 Å². The number of rotatable bonds is 7.